The molecule has 1 N–H and O–H groups in total. The largest absolute Gasteiger partial charge is 0.234 e. The number of sulfonamides is 1. The van der Waals surface area contributed by atoms with Crippen molar-refractivity contribution in [2.75, 3.05) is 0 Å². The van der Waals surface area contributed by atoms with Crippen molar-refractivity contribution in [1.82, 2.24) is 4.72 Å². The van der Waals surface area contributed by atoms with Gasteiger partial charge in [-0.1, -0.05) is 54.1 Å². The topological polar surface area (TPSA) is 46.2 Å². The van der Waals surface area contributed by atoms with Crippen molar-refractivity contribution >= 4 is 27.7 Å². The Labute approximate surface area is 142 Å². The van der Waals surface area contributed by atoms with E-state index in [9.17, 15) is 8.42 Å². The molecule has 1 atom stereocenters. The van der Waals surface area contributed by atoms with Crippen molar-refractivity contribution in [3.8, 4) is 0 Å². The van der Waals surface area contributed by atoms with Crippen molar-refractivity contribution in [3.63, 3.8) is 0 Å². The predicted molar refractivity (Wildman–Crippen MR) is 94.4 cm³/mol. The highest BCUT2D eigenvalue weighted by atomic mass is 35.5. The molecule has 1 aliphatic carbocycles. The van der Waals surface area contributed by atoms with Gasteiger partial charge in [-0.05, 0) is 48.1 Å². The van der Waals surface area contributed by atoms with Crippen LogP contribution in [0.15, 0.2) is 60.0 Å². The van der Waals surface area contributed by atoms with E-state index in [1.807, 2.05) is 42.5 Å². The summed E-state index contributed by atoms with van der Waals surface area (Å²) >= 11 is 5.91. The van der Waals surface area contributed by atoms with Crippen LogP contribution in [0.4, 0.5) is 0 Å². The molecule has 0 saturated heterocycles. The fourth-order valence-electron chi connectivity index (χ4n) is 2.48. The SMILES string of the molecule is O=S(=O)(/C=C/c1ccccc1)NC(c1ccc(Cl)cc1)C1CC1. The average molecular weight is 348 g/mol. The molecule has 1 aliphatic rings. The van der Waals surface area contributed by atoms with Gasteiger partial charge in [-0.15, -0.1) is 0 Å². The normalized spacial score (nSPS) is 16.6. The van der Waals surface area contributed by atoms with Gasteiger partial charge in [0.1, 0.15) is 0 Å². The van der Waals surface area contributed by atoms with E-state index in [0.29, 0.717) is 10.9 Å². The van der Waals surface area contributed by atoms with Gasteiger partial charge in [0.15, 0.2) is 0 Å². The Morgan fingerprint density at radius 1 is 1.04 bits per heavy atom. The maximum Gasteiger partial charge on any atom is 0.234 e. The highest BCUT2D eigenvalue weighted by Crippen LogP contribution is 2.41. The van der Waals surface area contributed by atoms with Crippen LogP contribution in [0.3, 0.4) is 0 Å². The monoisotopic (exact) mass is 347 g/mol. The van der Waals surface area contributed by atoms with Gasteiger partial charge in [-0.3, -0.25) is 0 Å². The van der Waals surface area contributed by atoms with Crippen molar-refractivity contribution in [3.05, 3.63) is 76.2 Å². The van der Waals surface area contributed by atoms with Gasteiger partial charge in [-0.25, -0.2) is 13.1 Å². The van der Waals surface area contributed by atoms with Crippen molar-refractivity contribution in [2.24, 2.45) is 5.92 Å². The van der Waals surface area contributed by atoms with Gasteiger partial charge < -0.3 is 0 Å². The van der Waals surface area contributed by atoms with E-state index in [1.165, 1.54) is 5.41 Å². The second-order valence-electron chi connectivity index (χ2n) is 5.74. The van der Waals surface area contributed by atoms with Crippen molar-refractivity contribution in [1.29, 1.82) is 0 Å². The highest BCUT2D eigenvalue weighted by Gasteiger charge is 2.34. The number of hydrogen-bond donors (Lipinski definition) is 1. The molecule has 0 amide bonds. The molecule has 120 valence electrons. The Balaban J connectivity index is 1.77. The molecule has 0 bridgehead atoms. The first kappa shape index (κ1) is 16.2. The second-order valence-corrected chi connectivity index (χ2v) is 7.78. The molecule has 1 unspecified atom stereocenters. The Morgan fingerprint density at radius 2 is 1.70 bits per heavy atom. The quantitative estimate of drug-likeness (QED) is 0.842. The molecule has 0 heterocycles. The fraction of sp³-hybridized carbons (Fsp3) is 0.222. The lowest BCUT2D eigenvalue weighted by Crippen LogP contribution is -2.28. The lowest BCUT2D eigenvalue weighted by Gasteiger charge is -2.17. The minimum atomic E-state index is -3.51. The third kappa shape index (κ3) is 4.67. The van der Waals surface area contributed by atoms with Gasteiger partial charge in [0.2, 0.25) is 10.0 Å². The summed E-state index contributed by atoms with van der Waals surface area (Å²) in [5.41, 5.74) is 1.81. The molecule has 3 rings (SSSR count). The van der Waals surface area contributed by atoms with Gasteiger partial charge in [0.25, 0.3) is 0 Å². The van der Waals surface area contributed by atoms with Crippen LogP contribution in [-0.2, 0) is 10.0 Å². The maximum absolute atomic E-state index is 12.4. The number of hydrogen-bond acceptors (Lipinski definition) is 2. The summed E-state index contributed by atoms with van der Waals surface area (Å²) in [6.45, 7) is 0. The van der Waals surface area contributed by atoms with Crippen LogP contribution in [0.1, 0.15) is 30.0 Å². The summed E-state index contributed by atoms with van der Waals surface area (Å²) in [7, 11) is -3.51. The zero-order chi connectivity index (χ0) is 16.3. The van der Waals surface area contributed by atoms with Gasteiger partial charge in [-0.2, -0.15) is 0 Å². The van der Waals surface area contributed by atoms with Crippen LogP contribution < -0.4 is 4.72 Å². The standard InChI is InChI=1S/C18H18ClNO2S/c19-17-10-8-16(9-11-17)18(15-6-7-15)20-23(21,22)13-12-14-4-2-1-3-5-14/h1-5,8-13,15,18,20H,6-7H2/b13-12+. The summed E-state index contributed by atoms with van der Waals surface area (Å²) in [5.74, 6) is 0.357. The highest BCUT2D eigenvalue weighted by molar-refractivity contribution is 7.92. The smallest absolute Gasteiger partial charge is 0.208 e. The average Bonchev–Trinajstić information content (AvgIpc) is 3.38. The number of halogens is 1. The summed E-state index contributed by atoms with van der Waals surface area (Å²) in [6, 6.07) is 16.5. The van der Waals surface area contributed by atoms with Crippen LogP contribution in [-0.4, -0.2) is 8.42 Å². The second kappa shape index (κ2) is 6.87. The van der Waals surface area contributed by atoms with Gasteiger partial charge in [0, 0.05) is 16.5 Å². The summed E-state index contributed by atoms with van der Waals surface area (Å²) in [5, 5.41) is 1.88. The predicted octanol–water partition coefficient (Wildman–Crippen LogP) is 4.38. The molecule has 0 aliphatic heterocycles. The Hall–Kier alpha value is -1.62. The molecule has 0 aromatic heterocycles. The van der Waals surface area contributed by atoms with Crippen LogP contribution in [0.25, 0.3) is 6.08 Å². The third-order valence-electron chi connectivity index (χ3n) is 3.85. The van der Waals surface area contributed by atoms with Crippen LogP contribution in [0.2, 0.25) is 5.02 Å². The number of nitrogens with one attached hydrogen (secondary N) is 1. The molecule has 3 nitrogen and oxygen atoms in total. The van der Waals surface area contributed by atoms with Crippen molar-refractivity contribution in [2.45, 2.75) is 18.9 Å². The molecular formula is C18H18ClNO2S. The minimum absolute atomic E-state index is 0.197. The lowest BCUT2D eigenvalue weighted by molar-refractivity contribution is 0.536. The zero-order valence-corrected chi connectivity index (χ0v) is 14.1. The molecule has 2 aromatic carbocycles. The first-order chi connectivity index (χ1) is 11.0. The first-order valence-corrected chi connectivity index (χ1v) is 9.47. The minimum Gasteiger partial charge on any atom is -0.208 e. The first-order valence-electron chi connectivity index (χ1n) is 7.54. The Kier molecular flexibility index (Phi) is 4.85. The number of rotatable bonds is 6. The van der Waals surface area contributed by atoms with Gasteiger partial charge in [0.05, 0.1) is 0 Å². The van der Waals surface area contributed by atoms with Crippen LogP contribution >= 0.6 is 11.6 Å². The molecule has 2 aromatic rings. The molecule has 0 spiro atoms. The summed E-state index contributed by atoms with van der Waals surface area (Å²) in [6.07, 6.45) is 3.69. The van der Waals surface area contributed by atoms with Crippen LogP contribution in [0, 0.1) is 5.92 Å². The summed E-state index contributed by atoms with van der Waals surface area (Å²) in [4.78, 5) is 0. The van der Waals surface area contributed by atoms with E-state index >= 15 is 0 Å². The molecule has 23 heavy (non-hydrogen) atoms. The Bertz CT molecular complexity index is 782. The molecule has 5 heteroatoms. The third-order valence-corrected chi connectivity index (χ3v) is 5.18. The van der Waals surface area contributed by atoms with Crippen LogP contribution in [0.5, 0.6) is 0 Å². The van der Waals surface area contributed by atoms with Gasteiger partial charge >= 0.3 is 0 Å². The van der Waals surface area contributed by atoms with E-state index < -0.39 is 10.0 Å². The van der Waals surface area contributed by atoms with E-state index in [2.05, 4.69) is 4.72 Å². The fourth-order valence-corrected chi connectivity index (χ4v) is 3.71. The van der Waals surface area contributed by atoms with E-state index in [1.54, 1.807) is 18.2 Å². The molecule has 1 fully saturated rings. The Morgan fingerprint density at radius 3 is 2.30 bits per heavy atom. The lowest BCUT2D eigenvalue weighted by atomic mass is 10.0. The van der Waals surface area contributed by atoms with E-state index in [-0.39, 0.29) is 6.04 Å². The summed E-state index contributed by atoms with van der Waals surface area (Å²) < 4.78 is 27.5. The van der Waals surface area contributed by atoms with E-state index in [0.717, 1.165) is 24.0 Å². The van der Waals surface area contributed by atoms with Crippen molar-refractivity contribution < 1.29 is 8.42 Å². The molecule has 1 saturated carbocycles. The zero-order valence-electron chi connectivity index (χ0n) is 12.5. The molecule has 0 radical (unpaired) electrons. The van der Waals surface area contributed by atoms with E-state index in [4.69, 9.17) is 11.6 Å². The number of benzene rings is 2. The maximum atomic E-state index is 12.4. The molecular weight excluding hydrogens is 330 g/mol.